The summed E-state index contributed by atoms with van der Waals surface area (Å²) in [6.07, 6.45) is 0.786. The fourth-order valence-corrected chi connectivity index (χ4v) is 2.46. The van der Waals surface area contributed by atoms with Crippen molar-refractivity contribution in [1.82, 2.24) is 0 Å². The van der Waals surface area contributed by atoms with Crippen LogP contribution in [0.3, 0.4) is 0 Å². The number of rotatable bonds is 3. The van der Waals surface area contributed by atoms with Crippen LogP contribution in [0, 0.1) is 5.92 Å². The molecule has 94 valence electrons. The Morgan fingerprint density at radius 1 is 1.29 bits per heavy atom. The average molecular weight is 236 g/mol. The smallest absolute Gasteiger partial charge is 0.107 e. The molecule has 1 aliphatic rings. The molecule has 1 aromatic carbocycles. The van der Waals surface area contributed by atoms with Crippen molar-refractivity contribution in [3.05, 3.63) is 35.9 Å². The van der Waals surface area contributed by atoms with Crippen LogP contribution < -0.4 is 0 Å². The molecule has 1 fully saturated rings. The molecule has 2 N–H and O–H groups in total. The van der Waals surface area contributed by atoms with E-state index in [2.05, 4.69) is 12.1 Å². The Labute approximate surface area is 102 Å². The number of aliphatic hydroxyl groups excluding tert-OH is 2. The first-order chi connectivity index (χ1) is 8.20. The Bertz CT molecular complexity index is 339. The summed E-state index contributed by atoms with van der Waals surface area (Å²) in [5.74, 6) is 0.176. The first-order valence-electron chi connectivity index (χ1n) is 6.19. The summed E-state index contributed by atoms with van der Waals surface area (Å²) < 4.78 is 5.72. The van der Waals surface area contributed by atoms with Crippen molar-refractivity contribution >= 4 is 0 Å². The van der Waals surface area contributed by atoms with Crippen LogP contribution >= 0.6 is 0 Å². The van der Waals surface area contributed by atoms with Gasteiger partial charge < -0.3 is 14.9 Å². The van der Waals surface area contributed by atoms with Gasteiger partial charge in [0.15, 0.2) is 0 Å². The Kier molecular flexibility index (Phi) is 4.15. The van der Waals surface area contributed by atoms with Crippen LogP contribution in [0.5, 0.6) is 0 Å². The summed E-state index contributed by atoms with van der Waals surface area (Å²) in [5, 5.41) is 19.0. The lowest BCUT2D eigenvalue weighted by molar-refractivity contribution is -0.154. The van der Waals surface area contributed by atoms with E-state index in [0.29, 0.717) is 0 Å². The van der Waals surface area contributed by atoms with E-state index >= 15 is 0 Å². The Balaban J connectivity index is 1.98. The normalized spacial score (nSPS) is 33.6. The van der Waals surface area contributed by atoms with Crippen LogP contribution in [0.1, 0.15) is 18.9 Å². The predicted octanol–water partition coefficient (Wildman–Crippen LogP) is 1.38. The SMILES string of the molecule is C[C@@H]1C[C@H](Cc2ccccc2)O[C@H](CO)[C@H]1O. The molecule has 0 spiro atoms. The molecule has 0 aromatic heterocycles. The third kappa shape index (κ3) is 3.06. The molecular formula is C14H20O3. The molecule has 0 amide bonds. The van der Waals surface area contributed by atoms with E-state index in [1.54, 1.807) is 0 Å². The van der Waals surface area contributed by atoms with E-state index in [4.69, 9.17) is 4.74 Å². The van der Waals surface area contributed by atoms with Crippen molar-refractivity contribution < 1.29 is 14.9 Å². The summed E-state index contributed by atoms with van der Waals surface area (Å²) >= 11 is 0. The van der Waals surface area contributed by atoms with Gasteiger partial charge >= 0.3 is 0 Å². The molecule has 3 heteroatoms. The molecule has 1 saturated heterocycles. The first-order valence-corrected chi connectivity index (χ1v) is 6.19. The quantitative estimate of drug-likeness (QED) is 0.833. The van der Waals surface area contributed by atoms with E-state index in [9.17, 15) is 10.2 Å². The fraction of sp³-hybridized carbons (Fsp3) is 0.571. The van der Waals surface area contributed by atoms with Crippen LogP contribution in [0.2, 0.25) is 0 Å². The Morgan fingerprint density at radius 3 is 2.65 bits per heavy atom. The van der Waals surface area contributed by atoms with Gasteiger partial charge in [-0.05, 0) is 24.3 Å². The highest BCUT2D eigenvalue weighted by Gasteiger charge is 2.34. The van der Waals surface area contributed by atoms with Gasteiger partial charge in [0.05, 0.1) is 18.8 Å². The third-order valence-electron chi connectivity index (χ3n) is 3.45. The maximum absolute atomic E-state index is 9.84. The zero-order valence-electron chi connectivity index (χ0n) is 10.1. The highest BCUT2D eigenvalue weighted by atomic mass is 16.5. The molecule has 1 aromatic rings. The number of hydrogen-bond donors (Lipinski definition) is 2. The van der Waals surface area contributed by atoms with E-state index in [0.717, 1.165) is 12.8 Å². The molecule has 1 aliphatic heterocycles. The summed E-state index contributed by atoms with van der Waals surface area (Å²) in [6.45, 7) is 1.89. The maximum atomic E-state index is 9.84. The molecule has 0 radical (unpaired) electrons. The number of hydrogen-bond acceptors (Lipinski definition) is 3. The molecule has 0 aliphatic carbocycles. The molecule has 1 heterocycles. The van der Waals surface area contributed by atoms with Crippen LogP contribution in [0.25, 0.3) is 0 Å². The largest absolute Gasteiger partial charge is 0.394 e. The highest BCUT2D eigenvalue weighted by Crippen LogP contribution is 2.27. The van der Waals surface area contributed by atoms with Gasteiger partial charge in [-0.1, -0.05) is 37.3 Å². The van der Waals surface area contributed by atoms with E-state index < -0.39 is 12.2 Å². The second kappa shape index (κ2) is 5.63. The molecule has 17 heavy (non-hydrogen) atoms. The molecular weight excluding hydrogens is 216 g/mol. The number of ether oxygens (including phenoxy) is 1. The number of aliphatic hydroxyl groups is 2. The average Bonchev–Trinajstić information content (AvgIpc) is 2.35. The molecule has 2 rings (SSSR count). The zero-order chi connectivity index (χ0) is 12.3. The van der Waals surface area contributed by atoms with Crippen molar-refractivity contribution in [2.75, 3.05) is 6.61 Å². The molecule has 0 saturated carbocycles. The first kappa shape index (κ1) is 12.6. The van der Waals surface area contributed by atoms with Gasteiger partial charge in [0.2, 0.25) is 0 Å². The summed E-state index contributed by atoms with van der Waals surface area (Å²) in [7, 11) is 0. The van der Waals surface area contributed by atoms with Gasteiger partial charge in [-0.3, -0.25) is 0 Å². The lowest BCUT2D eigenvalue weighted by Gasteiger charge is -2.37. The van der Waals surface area contributed by atoms with Gasteiger partial charge in [0.25, 0.3) is 0 Å². The van der Waals surface area contributed by atoms with E-state index in [-0.39, 0.29) is 18.6 Å². The van der Waals surface area contributed by atoms with Crippen LogP contribution in [-0.4, -0.2) is 35.1 Å². The van der Waals surface area contributed by atoms with Gasteiger partial charge in [0, 0.05) is 0 Å². The van der Waals surface area contributed by atoms with E-state index in [1.807, 2.05) is 25.1 Å². The summed E-state index contributed by atoms with van der Waals surface area (Å²) in [6, 6.07) is 10.2. The monoisotopic (exact) mass is 236 g/mol. The number of benzene rings is 1. The van der Waals surface area contributed by atoms with Gasteiger partial charge in [0.1, 0.15) is 6.10 Å². The Morgan fingerprint density at radius 2 is 2.00 bits per heavy atom. The molecule has 3 nitrogen and oxygen atoms in total. The minimum atomic E-state index is -0.549. The fourth-order valence-electron chi connectivity index (χ4n) is 2.46. The lowest BCUT2D eigenvalue weighted by Crippen LogP contribution is -2.46. The van der Waals surface area contributed by atoms with Gasteiger partial charge in [-0.2, -0.15) is 0 Å². The summed E-state index contributed by atoms with van der Waals surface area (Å²) in [4.78, 5) is 0. The topological polar surface area (TPSA) is 49.7 Å². The van der Waals surface area contributed by atoms with Crippen molar-refractivity contribution in [1.29, 1.82) is 0 Å². The standard InChI is InChI=1S/C14H20O3/c1-10-7-12(17-13(9-15)14(10)16)8-11-5-3-2-4-6-11/h2-6,10,12-16H,7-9H2,1H3/t10-,12-,13-,14+/m1/s1. The lowest BCUT2D eigenvalue weighted by atomic mass is 9.88. The minimum absolute atomic E-state index is 0.0907. The third-order valence-corrected chi connectivity index (χ3v) is 3.45. The molecule has 0 unspecified atom stereocenters. The van der Waals surface area contributed by atoms with Gasteiger partial charge in [-0.15, -0.1) is 0 Å². The van der Waals surface area contributed by atoms with Crippen molar-refractivity contribution in [3.63, 3.8) is 0 Å². The van der Waals surface area contributed by atoms with Gasteiger partial charge in [-0.25, -0.2) is 0 Å². The van der Waals surface area contributed by atoms with Crippen LogP contribution in [-0.2, 0) is 11.2 Å². The predicted molar refractivity (Wildman–Crippen MR) is 65.7 cm³/mol. The second-order valence-corrected chi connectivity index (χ2v) is 4.87. The maximum Gasteiger partial charge on any atom is 0.107 e. The van der Waals surface area contributed by atoms with Crippen molar-refractivity contribution in [3.8, 4) is 0 Å². The highest BCUT2D eigenvalue weighted by molar-refractivity contribution is 5.15. The summed E-state index contributed by atoms with van der Waals surface area (Å²) in [5.41, 5.74) is 1.23. The Hall–Kier alpha value is -0.900. The van der Waals surface area contributed by atoms with Crippen molar-refractivity contribution in [2.24, 2.45) is 5.92 Å². The van der Waals surface area contributed by atoms with E-state index in [1.165, 1.54) is 5.56 Å². The zero-order valence-corrected chi connectivity index (χ0v) is 10.1. The minimum Gasteiger partial charge on any atom is -0.394 e. The van der Waals surface area contributed by atoms with Crippen LogP contribution in [0.4, 0.5) is 0 Å². The molecule has 0 bridgehead atoms. The van der Waals surface area contributed by atoms with Crippen molar-refractivity contribution in [2.45, 2.75) is 38.1 Å². The second-order valence-electron chi connectivity index (χ2n) is 4.87. The molecule has 4 atom stereocenters. The van der Waals surface area contributed by atoms with Crippen LogP contribution in [0.15, 0.2) is 30.3 Å².